The van der Waals surface area contributed by atoms with Gasteiger partial charge in [-0.3, -0.25) is 15.0 Å². The van der Waals surface area contributed by atoms with Gasteiger partial charge in [-0.2, -0.15) is 0 Å². The van der Waals surface area contributed by atoms with Crippen molar-refractivity contribution in [2.75, 3.05) is 11.9 Å². The van der Waals surface area contributed by atoms with Crippen LogP contribution in [0.15, 0.2) is 54.1 Å². The molecule has 1 aromatic carbocycles. The van der Waals surface area contributed by atoms with E-state index in [4.69, 9.17) is 9.47 Å². The SMILES string of the molecule is C=CCOC(=O)C1=CS[C@H]2[C@@H](C(C)OC(=O)Nc3ccccc3)C(=O)N12. The summed E-state index contributed by atoms with van der Waals surface area (Å²) in [6.07, 6.45) is 0.202. The van der Waals surface area contributed by atoms with E-state index in [2.05, 4.69) is 11.9 Å². The molecule has 1 N–H and O–H groups in total. The smallest absolute Gasteiger partial charge is 0.411 e. The maximum atomic E-state index is 12.4. The van der Waals surface area contributed by atoms with Gasteiger partial charge in [-0.15, -0.1) is 11.8 Å². The molecule has 1 fully saturated rings. The molecule has 1 aromatic rings. The van der Waals surface area contributed by atoms with Gasteiger partial charge >= 0.3 is 12.1 Å². The largest absolute Gasteiger partial charge is 0.457 e. The van der Waals surface area contributed by atoms with E-state index < -0.39 is 24.1 Å². The molecule has 2 aliphatic heterocycles. The van der Waals surface area contributed by atoms with E-state index in [1.807, 2.05) is 6.07 Å². The number of amides is 2. The molecule has 3 atom stereocenters. The van der Waals surface area contributed by atoms with Crippen LogP contribution in [0.3, 0.4) is 0 Å². The maximum absolute atomic E-state index is 12.4. The first-order valence-electron chi connectivity index (χ1n) is 8.02. The highest BCUT2D eigenvalue weighted by Gasteiger charge is 2.56. The molecule has 3 rings (SSSR count). The summed E-state index contributed by atoms with van der Waals surface area (Å²) in [7, 11) is 0. The second kappa shape index (κ2) is 7.65. The first-order valence-corrected chi connectivity index (χ1v) is 8.96. The number of anilines is 1. The quantitative estimate of drug-likeness (QED) is 0.468. The number of para-hydroxylation sites is 1. The number of hydrogen-bond donors (Lipinski definition) is 1. The Morgan fingerprint density at radius 1 is 1.38 bits per heavy atom. The van der Waals surface area contributed by atoms with E-state index in [0.29, 0.717) is 5.69 Å². The van der Waals surface area contributed by atoms with Crippen LogP contribution in [0.1, 0.15) is 6.92 Å². The molecule has 0 radical (unpaired) electrons. The molecule has 0 bridgehead atoms. The van der Waals surface area contributed by atoms with E-state index >= 15 is 0 Å². The summed E-state index contributed by atoms with van der Waals surface area (Å²) < 4.78 is 10.3. The third-order valence-electron chi connectivity index (χ3n) is 4.02. The van der Waals surface area contributed by atoms with Crippen molar-refractivity contribution in [3.63, 3.8) is 0 Å². The molecular formula is C18H18N2O5S. The van der Waals surface area contributed by atoms with Gasteiger partial charge in [0.1, 0.15) is 29.7 Å². The zero-order valence-electron chi connectivity index (χ0n) is 14.1. The number of carbonyl (C=O) groups is 3. The summed E-state index contributed by atoms with van der Waals surface area (Å²) in [4.78, 5) is 37.8. The third kappa shape index (κ3) is 3.45. The number of ether oxygens (including phenoxy) is 2. The fourth-order valence-electron chi connectivity index (χ4n) is 2.78. The van der Waals surface area contributed by atoms with E-state index in [9.17, 15) is 14.4 Å². The number of nitrogens with zero attached hydrogens (tertiary/aromatic N) is 1. The lowest BCUT2D eigenvalue weighted by atomic mass is 9.92. The molecule has 2 amide bonds. The Balaban J connectivity index is 1.55. The number of benzene rings is 1. The van der Waals surface area contributed by atoms with Gasteiger partial charge in [0.05, 0.1) is 0 Å². The van der Waals surface area contributed by atoms with Crippen LogP contribution >= 0.6 is 11.8 Å². The third-order valence-corrected chi connectivity index (χ3v) is 5.17. The normalized spacial score (nSPS) is 21.8. The van der Waals surface area contributed by atoms with Crippen LogP contribution < -0.4 is 5.32 Å². The van der Waals surface area contributed by atoms with Crippen molar-refractivity contribution in [3.8, 4) is 0 Å². The fourth-order valence-corrected chi connectivity index (χ4v) is 4.10. The predicted octanol–water partition coefficient (Wildman–Crippen LogP) is 2.73. The fraction of sp³-hybridized carbons (Fsp3) is 0.278. The van der Waals surface area contributed by atoms with Crippen LogP contribution in [-0.4, -0.2) is 41.0 Å². The van der Waals surface area contributed by atoms with Crippen LogP contribution in [0.5, 0.6) is 0 Å². The second-order valence-corrected chi connectivity index (χ2v) is 6.74. The first-order chi connectivity index (χ1) is 12.5. The number of carbonyl (C=O) groups excluding carboxylic acids is 3. The van der Waals surface area contributed by atoms with Crippen molar-refractivity contribution < 1.29 is 23.9 Å². The number of esters is 1. The summed E-state index contributed by atoms with van der Waals surface area (Å²) in [5, 5.41) is 3.94. The van der Waals surface area contributed by atoms with Crippen molar-refractivity contribution >= 4 is 35.4 Å². The van der Waals surface area contributed by atoms with E-state index in [1.54, 1.807) is 36.6 Å². The summed E-state index contributed by atoms with van der Waals surface area (Å²) in [5.74, 6) is -1.34. The second-order valence-electron chi connectivity index (χ2n) is 5.75. The molecule has 1 unspecified atom stereocenters. The number of fused-ring (bicyclic) bond motifs is 1. The average Bonchev–Trinajstić information content (AvgIpc) is 2.99. The van der Waals surface area contributed by atoms with Crippen LogP contribution in [0, 0.1) is 5.92 Å². The van der Waals surface area contributed by atoms with Gasteiger partial charge in [0.15, 0.2) is 0 Å². The minimum Gasteiger partial charge on any atom is -0.457 e. The predicted molar refractivity (Wildman–Crippen MR) is 97.0 cm³/mol. The molecule has 2 aliphatic rings. The first kappa shape index (κ1) is 18.1. The monoisotopic (exact) mass is 374 g/mol. The van der Waals surface area contributed by atoms with Crippen molar-refractivity contribution in [2.45, 2.75) is 18.4 Å². The Morgan fingerprint density at radius 3 is 2.81 bits per heavy atom. The van der Waals surface area contributed by atoms with Gasteiger partial charge in [0.2, 0.25) is 5.91 Å². The Labute approximate surface area is 155 Å². The van der Waals surface area contributed by atoms with Crippen LogP contribution in [-0.2, 0) is 19.1 Å². The lowest BCUT2D eigenvalue weighted by Crippen LogP contribution is -2.61. The van der Waals surface area contributed by atoms with Crippen LogP contribution in [0.4, 0.5) is 10.5 Å². The molecule has 7 nitrogen and oxygen atoms in total. The molecule has 26 heavy (non-hydrogen) atoms. The van der Waals surface area contributed by atoms with Crippen molar-refractivity contribution in [1.82, 2.24) is 4.90 Å². The Kier molecular flexibility index (Phi) is 5.32. The molecule has 0 saturated carbocycles. The maximum Gasteiger partial charge on any atom is 0.411 e. The molecular weight excluding hydrogens is 356 g/mol. The van der Waals surface area contributed by atoms with E-state index in [-0.39, 0.29) is 23.6 Å². The number of hydrogen-bond acceptors (Lipinski definition) is 6. The molecule has 0 aliphatic carbocycles. The number of rotatable bonds is 6. The molecule has 136 valence electrons. The van der Waals surface area contributed by atoms with Gasteiger partial charge in [0, 0.05) is 11.1 Å². The Morgan fingerprint density at radius 2 is 2.12 bits per heavy atom. The lowest BCUT2D eigenvalue weighted by molar-refractivity contribution is -0.157. The number of thioether (sulfide) groups is 1. The molecule has 8 heteroatoms. The number of β-lactam (4-membered cyclic amide) rings is 1. The highest BCUT2D eigenvalue weighted by molar-refractivity contribution is 8.03. The summed E-state index contributed by atoms with van der Waals surface area (Å²) in [6.45, 7) is 5.22. The summed E-state index contributed by atoms with van der Waals surface area (Å²) in [6, 6.07) is 8.89. The van der Waals surface area contributed by atoms with E-state index in [1.165, 1.54) is 22.7 Å². The minimum absolute atomic E-state index is 0.0795. The van der Waals surface area contributed by atoms with Gasteiger partial charge in [-0.25, -0.2) is 9.59 Å². The highest BCUT2D eigenvalue weighted by Crippen LogP contribution is 2.46. The Bertz CT molecular complexity index is 764. The van der Waals surface area contributed by atoms with Gasteiger partial charge < -0.3 is 9.47 Å². The summed E-state index contributed by atoms with van der Waals surface area (Å²) >= 11 is 1.34. The molecule has 0 spiro atoms. The van der Waals surface area contributed by atoms with Gasteiger partial charge in [0.25, 0.3) is 0 Å². The summed E-state index contributed by atoms with van der Waals surface area (Å²) in [5.41, 5.74) is 0.819. The topological polar surface area (TPSA) is 84.9 Å². The number of nitrogens with one attached hydrogen (secondary N) is 1. The highest BCUT2D eigenvalue weighted by atomic mass is 32.2. The van der Waals surface area contributed by atoms with Crippen LogP contribution in [0.25, 0.3) is 0 Å². The minimum atomic E-state index is -0.628. The molecule has 0 aromatic heterocycles. The Hall–Kier alpha value is -2.74. The van der Waals surface area contributed by atoms with Gasteiger partial charge in [-0.05, 0) is 19.1 Å². The van der Waals surface area contributed by atoms with Crippen molar-refractivity contribution in [2.24, 2.45) is 5.92 Å². The van der Waals surface area contributed by atoms with Gasteiger partial charge in [-0.1, -0.05) is 30.9 Å². The average molecular weight is 374 g/mol. The lowest BCUT2D eigenvalue weighted by Gasteiger charge is -2.44. The standard InChI is InChI=1S/C18H18N2O5S/c1-3-9-24-17(22)13-10-26-16-14(15(21)20(13)16)11(2)25-18(23)19-12-7-5-4-6-8-12/h3-8,10-11,14,16H,1,9H2,2H3,(H,19,23)/t11?,14-,16-/m0/s1. The van der Waals surface area contributed by atoms with Crippen molar-refractivity contribution in [3.05, 3.63) is 54.1 Å². The van der Waals surface area contributed by atoms with Crippen molar-refractivity contribution in [1.29, 1.82) is 0 Å². The van der Waals surface area contributed by atoms with E-state index in [0.717, 1.165) is 0 Å². The molecule has 2 heterocycles. The molecule has 1 saturated heterocycles. The van der Waals surface area contributed by atoms with Crippen LogP contribution in [0.2, 0.25) is 0 Å². The zero-order valence-corrected chi connectivity index (χ0v) is 14.9. The zero-order chi connectivity index (χ0) is 18.7.